The minimum atomic E-state index is -3.99. The zero-order valence-electron chi connectivity index (χ0n) is 17.5. The lowest BCUT2D eigenvalue weighted by molar-refractivity contribution is 0.414. The number of aryl methyl sites for hydroxylation is 1. The molecule has 1 N–H and O–H groups in total. The zero-order chi connectivity index (χ0) is 22.7. The Kier molecular flexibility index (Phi) is 6.16. The molecule has 0 unspecified atom stereocenters. The Balaban J connectivity index is 1.72. The summed E-state index contributed by atoms with van der Waals surface area (Å²) < 4.78 is 32.7. The first kappa shape index (κ1) is 21.9. The standard InChI is InChI=1S/C23H21ClN4O3S/c1-16-3-7-18(8-4-16)22-26-23(25-15-17-5-11-20(31-2)12-6-17)28(27-22)32(29,30)21-13-9-19(24)10-14-21/h3-14H,15H2,1-2H3,(H,25,26,27). The Bertz CT molecular complexity index is 1320. The highest BCUT2D eigenvalue weighted by Crippen LogP contribution is 2.24. The minimum absolute atomic E-state index is 0.0646. The number of aromatic nitrogens is 3. The summed E-state index contributed by atoms with van der Waals surface area (Å²) in [5, 5.41) is 7.87. The molecule has 7 nitrogen and oxygen atoms in total. The van der Waals surface area contributed by atoms with E-state index in [1.54, 1.807) is 7.11 Å². The Hall–Kier alpha value is -3.36. The molecule has 164 valence electrons. The molecule has 3 aromatic carbocycles. The smallest absolute Gasteiger partial charge is 0.286 e. The van der Waals surface area contributed by atoms with E-state index in [0.29, 0.717) is 23.0 Å². The topological polar surface area (TPSA) is 86.1 Å². The number of methoxy groups -OCH3 is 1. The summed E-state index contributed by atoms with van der Waals surface area (Å²) in [4.78, 5) is 4.54. The second-order valence-electron chi connectivity index (χ2n) is 7.13. The van der Waals surface area contributed by atoms with Gasteiger partial charge in [-0.15, -0.1) is 9.19 Å². The average Bonchev–Trinajstić information content (AvgIpc) is 3.24. The number of halogens is 1. The summed E-state index contributed by atoms with van der Waals surface area (Å²) in [5.41, 5.74) is 2.73. The molecule has 0 atom stereocenters. The first-order valence-electron chi connectivity index (χ1n) is 9.79. The first-order valence-corrected chi connectivity index (χ1v) is 11.6. The summed E-state index contributed by atoms with van der Waals surface area (Å²) in [6, 6.07) is 21.0. The largest absolute Gasteiger partial charge is 0.497 e. The summed E-state index contributed by atoms with van der Waals surface area (Å²) in [6.45, 7) is 2.33. The maximum absolute atomic E-state index is 13.3. The van der Waals surface area contributed by atoms with Gasteiger partial charge in [-0.2, -0.15) is 13.4 Å². The summed E-state index contributed by atoms with van der Waals surface area (Å²) >= 11 is 5.92. The number of hydrogen-bond donors (Lipinski definition) is 1. The van der Waals surface area contributed by atoms with Crippen molar-refractivity contribution in [3.8, 4) is 17.1 Å². The molecule has 0 aliphatic heterocycles. The van der Waals surface area contributed by atoms with Gasteiger partial charge in [0.15, 0.2) is 5.82 Å². The van der Waals surface area contributed by atoms with Crippen molar-refractivity contribution in [1.29, 1.82) is 0 Å². The Morgan fingerprint density at radius 1 is 0.969 bits per heavy atom. The van der Waals surface area contributed by atoms with Crippen molar-refractivity contribution >= 4 is 27.6 Å². The number of rotatable bonds is 7. The third-order valence-electron chi connectivity index (χ3n) is 4.84. The van der Waals surface area contributed by atoms with Crippen molar-refractivity contribution in [2.24, 2.45) is 0 Å². The van der Waals surface area contributed by atoms with E-state index in [2.05, 4.69) is 15.4 Å². The Morgan fingerprint density at radius 2 is 1.62 bits per heavy atom. The molecule has 0 radical (unpaired) electrons. The van der Waals surface area contributed by atoms with Crippen LogP contribution in [0.2, 0.25) is 5.02 Å². The van der Waals surface area contributed by atoms with E-state index < -0.39 is 10.0 Å². The molecule has 0 saturated heterocycles. The van der Waals surface area contributed by atoms with Crippen LogP contribution in [0.25, 0.3) is 11.4 Å². The quantitative estimate of drug-likeness (QED) is 0.420. The predicted octanol–water partition coefficient (Wildman–Crippen LogP) is 4.76. The van der Waals surface area contributed by atoms with E-state index in [0.717, 1.165) is 21.0 Å². The van der Waals surface area contributed by atoms with Gasteiger partial charge in [0.2, 0.25) is 5.95 Å². The molecule has 9 heteroatoms. The fraction of sp³-hybridized carbons (Fsp3) is 0.130. The van der Waals surface area contributed by atoms with Crippen molar-refractivity contribution in [2.75, 3.05) is 12.4 Å². The molecule has 1 aromatic heterocycles. The molecule has 0 aliphatic rings. The molecule has 32 heavy (non-hydrogen) atoms. The zero-order valence-corrected chi connectivity index (χ0v) is 19.1. The van der Waals surface area contributed by atoms with E-state index >= 15 is 0 Å². The van der Waals surface area contributed by atoms with Gasteiger partial charge in [0.1, 0.15) is 5.75 Å². The van der Waals surface area contributed by atoms with Crippen LogP contribution in [0.5, 0.6) is 5.75 Å². The van der Waals surface area contributed by atoms with Crippen LogP contribution < -0.4 is 10.1 Å². The van der Waals surface area contributed by atoms with Gasteiger partial charge in [0, 0.05) is 17.1 Å². The van der Waals surface area contributed by atoms with Crippen LogP contribution in [-0.4, -0.2) is 29.7 Å². The molecule has 1 heterocycles. The van der Waals surface area contributed by atoms with Crippen molar-refractivity contribution in [2.45, 2.75) is 18.4 Å². The predicted molar refractivity (Wildman–Crippen MR) is 125 cm³/mol. The molecule has 0 saturated carbocycles. The van der Waals surface area contributed by atoms with Gasteiger partial charge in [-0.25, -0.2) is 0 Å². The van der Waals surface area contributed by atoms with Gasteiger partial charge in [-0.1, -0.05) is 53.6 Å². The van der Waals surface area contributed by atoms with Crippen LogP contribution in [0.4, 0.5) is 5.95 Å². The lowest BCUT2D eigenvalue weighted by Crippen LogP contribution is -2.18. The number of anilines is 1. The fourth-order valence-electron chi connectivity index (χ4n) is 3.03. The average molecular weight is 469 g/mol. The Labute approximate surface area is 191 Å². The van der Waals surface area contributed by atoms with E-state index in [1.807, 2.05) is 55.5 Å². The van der Waals surface area contributed by atoms with Gasteiger partial charge >= 0.3 is 0 Å². The van der Waals surface area contributed by atoms with Gasteiger partial charge < -0.3 is 10.1 Å². The van der Waals surface area contributed by atoms with Gasteiger partial charge in [0.05, 0.1) is 12.0 Å². The second-order valence-corrected chi connectivity index (χ2v) is 9.33. The van der Waals surface area contributed by atoms with Crippen LogP contribution in [0.3, 0.4) is 0 Å². The molecule has 0 fully saturated rings. The molecule has 4 aromatic rings. The summed E-state index contributed by atoms with van der Waals surface area (Å²) in [7, 11) is -2.39. The van der Waals surface area contributed by atoms with Crippen molar-refractivity contribution in [1.82, 2.24) is 14.2 Å². The first-order chi connectivity index (χ1) is 15.4. The van der Waals surface area contributed by atoms with Gasteiger partial charge in [0.25, 0.3) is 10.0 Å². The molecular weight excluding hydrogens is 448 g/mol. The minimum Gasteiger partial charge on any atom is -0.497 e. The molecule has 0 bridgehead atoms. The monoisotopic (exact) mass is 468 g/mol. The van der Waals surface area contributed by atoms with Crippen LogP contribution >= 0.6 is 11.6 Å². The van der Waals surface area contributed by atoms with Crippen LogP contribution in [-0.2, 0) is 16.6 Å². The lowest BCUT2D eigenvalue weighted by Gasteiger charge is -2.09. The summed E-state index contributed by atoms with van der Waals surface area (Å²) in [5.74, 6) is 1.16. The van der Waals surface area contributed by atoms with E-state index in [1.165, 1.54) is 24.3 Å². The number of hydrogen-bond acceptors (Lipinski definition) is 6. The number of ether oxygens (including phenoxy) is 1. The highest BCUT2D eigenvalue weighted by molar-refractivity contribution is 7.90. The lowest BCUT2D eigenvalue weighted by atomic mass is 10.1. The van der Waals surface area contributed by atoms with Gasteiger partial charge in [-0.3, -0.25) is 0 Å². The van der Waals surface area contributed by atoms with Crippen LogP contribution in [0.1, 0.15) is 11.1 Å². The third kappa shape index (κ3) is 4.61. The van der Waals surface area contributed by atoms with Crippen LogP contribution in [0, 0.1) is 6.92 Å². The summed E-state index contributed by atoms with van der Waals surface area (Å²) in [6.07, 6.45) is 0. The molecule has 0 aliphatic carbocycles. The van der Waals surface area contributed by atoms with Crippen molar-refractivity contribution in [3.05, 3.63) is 88.9 Å². The molecular formula is C23H21ClN4O3S. The van der Waals surface area contributed by atoms with E-state index in [9.17, 15) is 8.42 Å². The number of nitrogens with zero attached hydrogens (tertiary/aromatic N) is 3. The Morgan fingerprint density at radius 3 is 2.25 bits per heavy atom. The van der Waals surface area contributed by atoms with E-state index in [4.69, 9.17) is 16.3 Å². The van der Waals surface area contributed by atoms with Crippen LogP contribution in [0.15, 0.2) is 77.7 Å². The number of nitrogens with one attached hydrogen (secondary N) is 1. The number of benzene rings is 3. The molecule has 0 amide bonds. The van der Waals surface area contributed by atoms with Crippen molar-refractivity contribution < 1.29 is 13.2 Å². The maximum Gasteiger partial charge on any atom is 0.286 e. The maximum atomic E-state index is 13.3. The van der Waals surface area contributed by atoms with Crippen molar-refractivity contribution in [3.63, 3.8) is 0 Å². The third-order valence-corrected chi connectivity index (χ3v) is 6.67. The normalized spacial score (nSPS) is 11.3. The van der Waals surface area contributed by atoms with E-state index in [-0.39, 0.29) is 10.8 Å². The second kappa shape index (κ2) is 9.02. The highest BCUT2D eigenvalue weighted by atomic mass is 35.5. The van der Waals surface area contributed by atoms with Gasteiger partial charge in [-0.05, 0) is 48.9 Å². The molecule has 0 spiro atoms. The SMILES string of the molecule is COc1ccc(CNc2nc(-c3ccc(C)cc3)nn2S(=O)(=O)c2ccc(Cl)cc2)cc1. The highest BCUT2D eigenvalue weighted by Gasteiger charge is 2.24. The fourth-order valence-corrected chi connectivity index (χ4v) is 4.35. The molecule has 4 rings (SSSR count).